The van der Waals surface area contributed by atoms with Crippen LogP contribution in [0.1, 0.15) is 23.3 Å². The van der Waals surface area contributed by atoms with Crippen molar-refractivity contribution >= 4 is 16.9 Å². The summed E-state index contributed by atoms with van der Waals surface area (Å²) in [6.07, 6.45) is 4.69. The molecule has 0 aliphatic carbocycles. The largest absolute Gasteiger partial charge is 0.460 e. The van der Waals surface area contributed by atoms with E-state index in [9.17, 15) is 9.18 Å². The number of nitrogens with zero attached hydrogens (tertiary/aromatic N) is 2. The normalized spacial score (nSPS) is 28.0. The molecule has 5 heterocycles. The van der Waals surface area contributed by atoms with Crippen LogP contribution in [0.2, 0.25) is 0 Å². The van der Waals surface area contributed by atoms with E-state index < -0.39 is 5.82 Å². The molecule has 1 amide bonds. The summed E-state index contributed by atoms with van der Waals surface area (Å²) in [5.74, 6) is -0.158. The Balaban J connectivity index is 1.54. The third-order valence-corrected chi connectivity index (χ3v) is 4.62. The SMILES string of the molecule is O=C(N[C@H]1CN2CCC1CC2)c1cc2c(F)coc2cn1. The molecule has 5 nitrogen and oxygen atoms in total. The van der Waals surface area contributed by atoms with Gasteiger partial charge in [0.15, 0.2) is 11.4 Å². The maximum atomic E-state index is 13.5. The zero-order chi connectivity index (χ0) is 14.4. The highest BCUT2D eigenvalue weighted by atomic mass is 19.1. The first kappa shape index (κ1) is 12.8. The van der Waals surface area contributed by atoms with Crippen molar-refractivity contribution in [1.82, 2.24) is 15.2 Å². The van der Waals surface area contributed by atoms with Gasteiger partial charge in [-0.2, -0.15) is 0 Å². The lowest BCUT2D eigenvalue weighted by atomic mass is 9.84. The number of amides is 1. The average Bonchev–Trinajstić information content (AvgIpc) is 2.89. The van der Waals surface area contributed by atoms with Gasteiger partial charge in [-0.3, -0.25) is 4.79 Å². The molecule has 21 heavy (non-hydrogen) atoms. The standard InChI is InChI=1S/C15H16FN3O2/c16-11-8-21-14-6-17-12(5-10(11)14)15(20)18-13-7-19-3-1-9(13)2-4-19/h5-6,8-9,13H,1-4,7H2,(H,18,20)/t13-/m0/s1. The molecular formula is C15H16FN3O2. The molecular weight excluding hydrogens is 273 g/mol. The Kier molecular flexibility index (Phi) is 2.92. The van der Waals surface area contributed by atoms with Crippen molar-refractivity contribution in [1.29, 1.82) is 0 Å². The topological polar surface area (TPSA) is 58.4 Å². The molecule has 0 unspecified atom stereocenters. The molecule has 2 aromatic heterocycles. The Morgan fingerprint density at radius 3 is 2.95 bits per heavy atom. The molecule has 0 spiro atoms. The number of nitrogens with one attached hydrogen (secondary N) is 1. The molecule has 2 bridgehead atoms. The van der Waals surface area contributed by atoms with E-state index in [0.29, 0.717) is 16.9 Å². The first-order chi connectivity index (χ1) is 10.2. The molecule has 0 radical (unpaired) electrons. The van der Waals surface area contributed by atoms with Crippen molar-refractivity contribution < 1.29 is 13.6 Å². The van der Waals surface area contributed by atoms with Gasteiger partial charge in [-0.25, -0.2) is 9.37 Å². The van der Waals surface area contributed by atoms with Crippen molar-refractivity contribution in [2.24, 2.45) is 5.92 Å². The minimum Gasteiger partial charge on any atom is -0.460 e. The van der Waals surface area contributed by atoms with Crippen LogP contribution in [0.3, 0.4) is 0 Å². The van der Waals surface area contributed by atoms with Crippen LogP contribution >= 0.6 is 0 Å². The van der Waals surface area contributed by atoms with Crippen LogP contribution in [0.4, 0.5) is 4.39 Å². The van der Waals surface area contributed by atoms with Gasteiger partial charge in [0.2, 0.25) is 0 Å². The molecule has 110 valence electrons. The second-order valence-electron chi connectivity index (χ2n) is 5.87. The van der Waals surface area contributed by atoms with Crippen LogP contribution in [0.15, 0.2) is 22.9 Å². The Labute approximate surface area is 121 Å². The van der Waals surface area contributed by atoms with E-state index in [4.69, 9.17) is 4.42 Å². The smallest absolute Gasteiger partial charge is 0.270 e. The number of furan rings is 1. The minimum atomic E-state index is -0.468. The Morgan fingerprint density at radius 2 is 2.24 bits per heavy atom. The van der Waals surface area contributed by atoms with Crippen LogP contribution in [0, 0.1) is 11.7 Å². The molecule has 0 saturated carbocycles. The Morgan fingerprint density at radius 1 is 1.43 bits per heavy atom. The van der Waals surface area contributed by atoms with Gasteiger partial charge >= 0.3 is 0 Å². The second-order valence-corrected chi connectivity index (χ2v) is 5.87. The molecule has 3 aliphatic heterocycles. The molecule has 2 aromatic rings. The fraction of sp³-hybridized carbons (Fsp3) is 0.467. The summed E-state index contributed by atoms with van der Waals surface area (Å²) >= 11 is 0. The van der Waals surface area contributed by atoms with Crippen molar-refractivity contribution in [3.63, 3.8) is 0 Å². The predicted octanol–water partition coefficient (Wildman–Crippen LogP) is 1.79. The third-order valence-electron chi connectivity index (χ3n) is 4.62. The van der Waals surface area contributed by atoms with Gasteiger partial charge in [0, 0.05) is 12.6 Å². The van der Waals surface area contributed by atoms with Crippen molar-refractivity contribution in [3.05, 3.63) is 30.0 Å². The quantitative estimate of drug-likeness (QED) is 0.915. The number of aromatic nitrogens is 1. The first-order valence-corrected chi connectivity index (χ1v) is 7.26. The van der Waals surface area contributed by atoms with Gasteiger partial charge in [0.05, 0.1) is 11.6 Å². The third kappa shape index (κ3) is 2.19. The molecule has 6 heteroatoms. The van der Waals surface area contributed by atoms with Crippen LogP contribution < -0.4 is 5.32 Å². The van der Waals surface area contributed by atoms with Gasteiger partial charge in [0.1, 0.15) is 12.0 Å². The van der Waals surface area contributed by atoms with E-state index in [2.05, 4.69) is 15.2 Å². The predicted molar refractivity (Wildman–Crippen MR) is 74.4 cm³/mol. The number of rotatable bonds is 2. The molecule has 0 aromatic carbocycles. The van der Waals surface area contributed by atoms with E-state index in [1.165, 1.54) is 12.3 Å². The van der Waals surface area contributed by atoms with E-state index in [1.54, 1.807) is 0 Å². The summed E-state index contributed by atoms with van der Waals surface area (Å²) in [7, 11) is 0. The highest BCUT2D eigenvalue weighted by Gasteiger charge is 2.35. The second kappa shape index (κ2) is 4.80. The lowest BCUT2D eigenvalue weighted by Gasteiger charge is -2.44. The maximum absolute atomic E-state index is 13.5. The molecule has 1 atom stereocenters. The summed E-state index contributed by atoms with van der Waals surface area (Å²) < 4.78 is 18.5. The highest BCUT2D eigenvalue weighted by molar-refractivity contribution is 5.95. The number of pyridine rings is 1. The summed E-state index contributed by atoms with van der Waals surface area (Å²) in [6.45, 7) is 3.15. The number of carbonyl (C=O) groups is 1. The number of carbonyl (C=O) groups excluding carboxylic acids is 1. The van der Waals surface area contributed by atoms with Crippen LogP contribution in [0.25, 0.3) is 11.0 Å². The van der Waals surface area contributed by atoms with Gasteiger partial charge in [-0.05, 0) is 37.9 Å². The lowest BCUT2D eigenvalue weighted by molar-refractivity contribution is 0.0618. The van der Waals surface area contributed by atoms with Crippen LogP contribution in [-0.4, -0.2) is 41.5 Å². The monoisotopic (exact) mass is 289 g/mol. The molecule has 5 rings (SSSR count). The van der Waals surface area contributed by atoms with Gasteiger partial charge < -0.3 is 14.6 Å². The molecule has 3 fully saturated rings. The Bertz CT molecular complexity index is 691. The number of fused-ring (bicyclic) bond motifs is 4. The van der Waals surface area contributed by atoms with Crippen molar-refractivity contribution in [2.45, 2.75) is 18.9 Å². The average molecular weight is 289 g/mol. The van der Waals surface area contributed by atoms with Crippen molar-refractivity contribution in [3.8, 4) is 0 Å². The van der Waals surface area contributed by atoms with E-state index >= 15 is 0 Å². The number of hydrogen-bond donors (Lipinski definition) is 1. The van der Waals surface area contributed by atoms with Gasteiger partial charge in [-0.1, -0.05) is 0 Å². The van der Waals surface area contributed by atoms with E-state index in [0.717, 1.165) is 38.7 Å². The van der Waals surface area contributed by atoms with Crippen LogP contribution in [-0.2, 0) is 0 Å². The van der Waals surface area contributed by atoms with Gasteiger partial charge in [0.25, 0.3) is 5.91 Å². The minimum absolute atomic E-state index is 0.173. The summed E-state index contributed by atoms with van der Waals surface area (Å²) in [5, 5.41) is 3.34. The summed E-state index contributed by atoms with van der Waals surface area (Å²) in [6, 6.07) is 1.62. The van der Waals surface area contributed by atoms with E-state index in [-0.39, 0.29) is 17.6 Å². The highest BCUT2D eigenvalue weighted by Crippen LogP contribution is 2.27. The number of hydrogen-bond acceptors (Lipinski definition) is 4. The summed E-state index contributed by atoms with van der Waals surface area (Å²) in [5.41, 5.74) is 0.589. The number of piperidine rings is 3. The van der Waals surface area contributed by atoms with Gasteiger partial charge in [-0.15, -0.1) is 0 Å². The van der Waals surface area contributed by atoms with Crippen molar-refractivity contribution in [2.75, 3.05) is 19.6 Å². The molecule has 3 saturated heterocycles. The fourth-order valence-electron chi connectivity index (χ4n) is 3.40. The van der Waals surface area contributed by atoms with E-state index in [1.807, 2.05) is 0 Å². The lowest BCUT2D eigenvalue weighted by Crippen LogP contribution is -2.57. The zero-order valence-corrected chi connectivity index (χ0v) is 11.5. The molecule has 1 N–H and O–H groups in total. The summed E-state index contributed by atoms with van der Waals surface area (Å²) in [4.78, 5) is 18.8. The maximum Gasteiger partial charge on any atom is 0.270 e. The number of halogens is 1. The van der Waals surface area contributed by atoms with Crippen LogP contribution in [0.5, 0.6) is 0 Å². The fourth-order valence-corrected chi connectivity index (χ4v) is 3.40. The molecule has 3 aliphatic rings. The Hall–Kier alpha value is -1.95. The zero-order valence-electron chi connectivity index (χ0n) is 11.5. The first-order valence-electron chi connectivity index (χ1n) is 7.26.